The molecular weight excluding hydrogens is 296 g/mol. The molecule has 0 aliphatic rings. The third-order valence-electron chi connectivity index (χ3n) is 3.36. The number of rotatable bonds is 5. The lowest BCUT2D eigenvalue weighted by molar-refractivity contribution is 0.579. The largest absolute Gasteiger partial charge is 0.398 e. The Bertz CT molecular complexity index is 640. The molecule has 0 aliphatic heterocycles. The molecule has 0 heterocycles. The molecule has 0 amide bonds. The molecule has 7 heteroatoms. The van der Waals surface area contributed by atoms with Gasteiger partial charge in [0.1, 0.15) is 0 Å². The van der Waals surface area contributed by atoms with Crippen LogP contribution in [0.2, 0.25) is 0 Å². The standard InChI is InChI=1S/C13H22N2O3S2/c1-8-6-9(2)13(11(4)12(8)14)20(17,18)15-7-10(3)19(5)16/h6,10,15H,7,14H2,1-5H3. The molecule has 0 saturated carbocycles. The van der Waals surface area contributed by atoms with E-state index in [0.29, 0.717) is 16.8 Å². The molecule has 0 bridgehead atoms. The van der Waals surface area contributed by atoms with Crippen LogP contribution in [0.4, 0.5) is 5.69 Å². The van der Waals surface area contributed by atoms with Gasteiger partial charge in [-0.15, -0.1) is 0 Å². The first-order valence-electron chi connectivity index (χ1n) is 6.26. The highest BCUT2D eigenvalue weighted by atomic mass is 32.2. The molecule has 2 atom stereocenters. The fourth-order valence-corrected chi connectivity index (χ4v) is 4.05. The fourth-order valence-electron chi connectivity index (χ4n) is 2.01. The normalized spacial score (nSPS) is 15.1. The molecule has 1 rings (SSSR count). The molecule has 0 spiro atoms. The highest BCUT2D eigenvalue weighted by Gasteiger charge is 2.22. The van der Waals surface area contributed by atoms with Crippen LogP contribution >= 0.6 is 0 Å². The van der Waals surface area contributed by atoms with Gasteiger partial charge in [-0.05, 0) is 44.4 Å². The van der Waals surface area contributed by atoms with Crippen molar-refractivity contribution in [3.8, 4) is 0 Å². The van der Waals surface area contributed by atoms with Crippen LogP contribution in [-0.4, -0.2) is 30.7 Å². The summed E-state index contributed by atoms with van der Waals surface area (Å²) < 4.78 is 38.6. The SMILES string of the molecule is Cc1cc(C)c(S(=O)(=O)NCC(C)S(C)=O)c(C)c1N. The van der Waals surface area contributed by atoms with E-state index in [1.165, 1.54) is 0 Å². The van der Waals surface area contributed by atoms with Gasteiger partial charge in [0.05, 0.1) is 4.90 Å². The Morgan fingerprint density at radius 1 is 1.30 bits per heavy atom. The molecule has 2 unspecified atom stereocenters. The Morgan fingerprint density at radius 2 is 1.85 bits per heavy atom. The highest BCUT2D eigenvalue weighted by Crippen LogP contribution is 2.27. The van der Waals surface area contributed by atoms with Gasteiger partial charge >= 0.3 is 0 Å². The van der Waals surface area contributed by atoms with Crippen molar-refractivity contribution in [3.63, 3.8) is 0 Å². The first-order valence-corrected chi connectivity index (χ1v) is 9.36. The van der Waals surface area contributed by atoms with E-state index < -0.39 is 20.8 Å². The molecule has 3 N–H and O–H groups in total. The van der Waals surface area contributed by atoms with Gasteiger partial charge in [0.25, 0.3) is 0 Å². The minimum atomic E-state index is -3.65. The monoisotopic (exact) mass is 318 g/mol. The smallest absolute Gasteiger partial charge is 0.241 e. The van der Waals surface area contributed by atoms with Gasteiger partial charge in [-0.1, -0.05) is 6.07 Å². The van der Waals surface area contributed by atoms with Crippen molar-refractivity contribution in [1.29, 1.82) is 0 Å². The molecule has 0 aliphatic carbocycles. The zero-order valence-electron chi connectivity index (χ0n) is 12.5. The van der Waals surface area contributed by atoms with Gasteiger partial charge in [0.2, 0.25) is 10.0 Å². The number of benzene rings is 1. The summed E-state index contributed by atoms with van der Waals surface area (Å²) in [7, 11) is -4.73. The van der Waals surface area contributed by atoms with E-state index in [1.807, 2.05) is 6.92 Å². The number of nitrogens with one attached hydrogen (secondary N) is 1. The van der Waals surface area contributed by atoms with Gasteiger partial charge in [0.15, 0.2) is 0 Å². The molecule has 20 heavy (non-hydrogen) atoms. The first kappa shape index (κ1) is 17.1. The van der Waals surface area contributed by atoms with Gasteiger partial charge in [0, 0.05) is 34.5 Å². The van der Waals surface area contributed by atoms with Crippen molar-refractivity contribution in [3.05, 3.63) is 22.8 Å². The van der Waals surface area contributed by atoms with Gasteiger partial charge in [-0.3, -0.25) is 4.21 Å². The van der Waals surface area contributed by atoms with E-state index in [4.69, 9.17) is 5.73 Å². The van der Waals surface area contributed by atoms with Crippen molar-refractivity contribution < 1.29 is 12.6 Å². The molecule has 5 nitrogen and oxygen atoms in total. The van der Waals surface area contributed by atoms with Crippen LogP contribution in [0.3, 0.4) is 0 Å². The Kier molecular flexibility index (Phi) is 5.34. The predicted octanol–water partition coefficient (Wildman–Crippen LogP) is 1.24. The summed E-state index contributed by atoms with van der Waals surface area (Å²) in [5.74, 6) is 0. The summed E-state index contributed by atoms with van der Waals surface area (Å²) in [5, 5.41) is -0.242. The molecular formula is C13H22N2O3S2. The van der Waals surface area contributed by atoms with Crippen LogP contribution in [0, 0.1) is 20.8 Å². The summed E-state index contributed by atoms with van der Waals surface area (Å²) in [6, 6.07) is 1.76. The second kappa shape index (κ2) is 6.24. The van der Waals surface area contributed by atoms with Crippen molar-refractivity contribution in [2.24, 2.45) is 0 Å². The summed E-state index contributed by atoms with van der Waals surface area (Å²) in [5.41, 5.74) is 8.48. The molecule has 0 fully saturated rings. The maximum atomic E-state index is 12.4. The van der Waals surface area contributed by atoms with E-state index in [1.54, 1.807) is 33.1 Å². The van der Waals surface area contributed by atoms with Gasteiger partial charge in [-0.25, -0.2) is 13.1 Å². The fraction of sp³-hybridized carbons (Fsp3) is 0.538. The summed E-state index contributed by atoms with van der Waals surface area (Å²) in [6.07, 6.45) is 1.55. The lowest BCUT2D eigenvalue weighted by atomic mass is 10.1. The van der Waals surface area contributed by atoms with Crippen molar-refractivity contribution in [2.75, 3.05) is 18.5 Å². The third kappa shape index (κ3) is 3.59. The number of anilines is 1. The molecule has 0 aromatic heterocycles. The Labute approximate surface area is 123 Å². The molecule has 1 aromatic carbocycles. The summed E-state index contributed by atoms with van der Waals surface area (Å²) in [6.45, 7) is 7.17. The van der Waals surface area contributed by atoms with Crippen LogP contribution in [0.1, 0.15) is 23.6 Å². The average Bonchev–Trinajstić information content (AvgIpc) is 2.32. The third-order valence-corrected chi connectivity index (χ3v) is 6.37. The number of nitrogens with two attached hydrogens (primary N) is 1. The quantitative estimate of drug-likeness (QED) is 0.799. The molecule has 114 valence electrons. The molecule has 1 aromatic rings. The maximum absolute atomic E-state index is 12.4. The summed E-state index contributed by atoms with van der Waals surface area (Å²) >= 11 is 0. The van der Waals surface area contributed by atoms with E-state index in [2.05, 4.69) is 4.72 Å². The van der Waals surface area contributed by atoms with E-state index in [9.17, 15) is 12.6 Å². The van der Waals surface area contributed by atoms with Gasteiger partial charge in [-0.2, -0.15) is 0 Å². The van der Waals surface area contributed by atoms with Crippen LogP contribution in [-0.2, 0) is 20.8 Å². The van der Waals surface area contributed by atoms with Crippen molar-refractivity contribution in [2.45, 2.75) is 37.8 Å². The zero-order chi connectivity index (χ0) is 15.7. The van der Waals surface area contributed by atoms with Crippen LogP contribution in [0.5, 0.6) is 0 Å². The number of hydrogen-bond donors (Lipinski definition) is 2. The lowest BCUT2D eigenvalue weighted by Crippen LogP contribution is -2.33. The Balaban J connectivity index is 3.17. The Morgan fingerprint density at radius 3 is 2.35 bits per heavy atom. The number of aryl methyl sites for hydroxylation is 2. The van der Waals surface area contributed by atoms with Crippen LogP contribution in [0.15, 0.2) is 11.0 Å². The van der Waals surface area contributed by atoms with Gasteiger partial charge < -0.3 is 5.73 Å². The lowest BCUT2D eigenvalue weighted by Gasteiger charge is -2.16. The first-order chi connectivity index (χ1) is 9.08. The zero-order valence-corrected chi connectivity index (χ0v) is 14.1. The predicted molar refractivity (Wildman–Crippen MR) is 83.8 cm³/mol. The Hall–Kier alpha value is -0.920. The average molecular weight is 318 g/mol. The van der Waals surface area contributed by atoms with Crippen molar-refractivity contribution in [1.82, 2.24) is 4.72 Å². The van der Waals surface area contributed by atoms with Crippen molar-refractivity contribution >= 4 is 26.5 Å². The molecule has 0 saturated heterocycles. The topological polar surface area (TPSA) is 89.3 Å². The summed E-state index contributed by atoms with van der Waals surface area (Å²) in [4.78, 5) is 0.217. The van der Waals surface area contributed by atoms with E-state index in [-0.39, 0.29) is 16.7 Å². The second-order valence-corrected chi connectivity index (χ2v) is 8.54. The minimum absolute atomic E-state index is 0.137. The van der Waals surface area contributed by atoms with E-state index >= 15 is 0 Å². The number of nitrogen functional groups attached to an aromatic ring is 1. The second-order valence-electron chi connectivity index (χ2n) is 5.04. The maximum Gasteiger partial charge on any atom is 0.241 e. The minimum Gasteiger partial charge on any atom is -0.398 e. The van der Waals surface area contributed by atoms with E-state index in [0.717, 1.165) is 5.56 Å². The van der Waals surface area contributed by atoms with Crippen LogP contribution in [0.25, 0.3) is 0 Å². The highest BCUT2D eigenvalue weighted by molar-refractivity contribution is 7.89. The number of sulfonamides is 1. The van der Waals surface area contributed by atoms with Crippen LogP contribution < -0.4 is 10.5 Å². The molecule has 0 radical (unpaired) electrons. The number of hydrogen-bond acceptors (Lipinski definition) is 4.